The average molecular weight is 305 g/mol. The standard InChI is InChI=1S/C16H20FN3O2/c1-16(22,13-4-6-14(17)7-5-13)12-19-15(21)18-8-11-20-9-2-3-10-20/h2-7,9-10,22H,8,11-12H2,1H3,(H2,18,19,21)/t16-/m1/s1. The second kappa shape index (κ2) is 7.09. The molecular weight excluding hydrogens is 285 g/mol. The van der Waals surface area contributed by atoms with Crippen LogP contribution >= 0.6 is 0 Å². The van der Waals surface area contributed by atoms with E-state index in [1.807, 2.05) is 29.1 Å². The van der Waals surface area contributed by atoms with Gasteiger partial charge in [0.15, 0.2) is 0 Å². The summed E-state index contributed by atoms with van der Waals surface area (Å²) in [4.78, 5) is 11.7. The van der Waals surface area contributed by atoms with Crippen LogP contribution < -0.4 is 10.6 Å². The molecule has 0 radical (unpaired) electrons. The van der Waals surface area contributed by atoms with Crippen molar-refractivity contribution in [1.82, 2.24) is 15.2 Å². The normalized spacial score (nSPS) is 13.4. The van der Waals surface area contributed by atoms with E-state index in [-0.39, 0.29) is 18.4 Å². The van der Waals surface area contributed by atoms with Crippen LogP contribution in [0.25, 0.3) is 0 Å². The zero-order chi connectivity index (χ0) is 16.0. The van der Waals surface area contributed by atoms with Crippen molar-refractivity contribution in [2.24, 2.45) is 0 Å². The third-order valence-corrected chi connectivity index (χ3v) is 3.38. The third-order valence-electron chi connectivity index (χ3n) is 3.38. The van der Waals surface area contributed by atoms with Gasteiger partial charge in [0.1, 0.15) is 11.4 Å². The fourth-order valence-corrected chi connectivity index (χ4v) is 2.04. The fraction of sp³-hybridized carbons (Fsp3) is 0.312. The van der Waals surface area contributed by atoms with Crippen LogP contribution in [0.2, 0.25) is 0 Å². The Hall–Kier alpha value is -2.34. The van der Waals surface area contributed by atoms with Crippen molar-refractivity contribution in [2.75, 3.05) is 13.1 Å². The SMILES string of the molecule is C[C@@](O)(CNC(=O)NCCn1cccc1)c1ccc(F)cc1. The molecule has 0 saturated carbocycles. The van der Waals surface area contributed by atoms with Crippen molar-refractivity contribution >= 4 is 6.03 Å². The molecule has 1 heterocycles. The van der Waals surface area contributed by atoms with Gasteiger partial charge >= 0.3 is 6.03 Å². The number of nitrogens with one attached hydrogen (secondary N) is 2. The predicted molar refractivity (Wildman–Crippen MR) is 81.8 cm³/mol. The lowest BCUT2D eigenvalue weighted by molar-refractivity contribution is 0.0593. The van der Waals surface area contributed by atoms with Gasteiger partial charge in [-0.25, -0.2) is 9.18 Å². The smallest absolute Gasteiger partial charge is 0.314 e. The Morgan fingerprint density at radius 2 is 1.86 bits per heavy atom. The quantitative estimate of drug-likeness (QED) is 0.762. The minimum atomic E-state index is -1.26. The first-order chi connectivity index (χ1) is 10.5. The average Bonchev–Trinajstić information content (AvgIpc) is 2.99. The first kappa shape index (κ1) is 16.0. The van der Waals surface area contributed by atoms with Crippen LogP contribution in [-0.2, 0) is 12.1 Å². The number of benzene rings is 1. The molecule has 2 amide bonds. The van der Waals surface area contributed by atoms with E-state index in [0.717, 1.165) is 0 Å². The molecule has 118 valence electrons. The molecule has 0 unspecified atom stereocenters. The van der Waals surface area contributed by atoms with Crippen LogP contribution in [0.5, 0.6) is 0 Å². The number of nitrogens with zero attached hydrogens (tertiary/aromatic N) is 1. The van der Waals surface area contributed by atoms with Crippen LogP contribution in [-0.4, -0.2) is 28.8 Å². The Kier molecular flexibility index (Phi) is 5.16. The summed E-state index contributed by atoms with van der Waals surface area (Å²) in [6.45, 7) is 2.77. The monoisotopic (exact) mass is 305 g/mol. The van der Waals surface area contributed by atoms with Crippen LogP contribution in [0.15, 0.2) is 48.8 Å². The zero-order valence-electron chi connectivity index (χ0n) is 12.4. The predicted octanol–water partition coefficient (Wildman–Crippen LogP) is 1.83. The van der Waals surface area contributed by atoms with E-state index < -0.39 is 5.60 Å². The maximum Gasteiger partial charge on any atom is 0.314 e. The van der Waals surface area contributed by atoms with Gasteiger partial charge in [-0.2, -0.15) is 0 Å². The molecule has 0 fully saturated rings. The minimum Gasteiger partial charge on any atom is -0.384 e. The number of hydrogen-bond donors (Lipinski definition) is 3. The number of aromatic nitrogens is 1. The molecule has 1 aromatic heterocycles. The van der Waals surface area contributed by atoms with Crippen LogP contribution in [0, 0.1) is 5.82 Å². The van der Waals surface area contributed by atoms with E-state index in [1.54, 1.807) is 6.92 Å². The van der Waals surface area contributed by atoms with Gasteiger partial charge in [-0.05, 0) is 36.8 Å². The Morgan fingerprint density at radius 3 is 2.50 bits per heavy atom. The summed E-state index contributed by atoms with van der Waals surface area (Å²) in [5, 5.41) is 15.7. The number of urea groups is 1. The van der Waals surface area contributed by atoms with Crippen molar-refractivity contribution in [1.29, 1.82) is 0 Å². The second-order valence-corrected chi connectivity index (χ2v) is 5.31. The lowest BCUT2D eigenvalue weighted by atomic mass is 9.96. The van der Waals surface area contributed by atoms with Gasteiger partial charge in [0.2, 0.25) is 0 Å². The van der Waals surface area contributed by atoms with Crippen molar-refractivity contribution < 1.29 is 14.3 Å². The largest absolute Gasteiger partial charge is 0.384 e. The summed E-state index contributed by atoms with van der Waals surface area (Å²) in [6, 6.07) is 9.04. The number of carbonyl (C=O) groups is 1. The first-order valence-corrected chi connectivity index (χ1v) is 7.08. The molecular formula is C16H20FN3O2. The van der Waals surface area contributed by atoms with Crippen LogP contribution in [0.4, 0.5) is 9.18 Å². The summed E-state index contributed by atoms with van der Waals surface area (Å²) in [6.07, 6.45) is 3.83. The van der Waals surface area contributed by atoms with Crippen molar-refractivity contribution in [2.45, 2.75) is 19.1 Å². The van der Waals surface area contributed by atoms with Gasteiger partial charge in [0.05, 0.1) is 6.54 Å². The summed E-state index contributed by atoms with van der Waals surface area (Å²) >= 11 is 0. The molecule has 0 saturated heterocycles. The van der Waals surface area contributed by atoms with Crippen molar-refractivity contribution in [3.05, 3.63) is 60.2 Å². The number of carbonyl (C=O) groups excluding carboxylic acids is 1. The molecule has 0 aliphatic rings. The Morgan fingerprint density at radius 1 is 1.23 bits per heavy atom. The highest BCUT2D eigenvalue weighted by Crippen LogP contribution is 2.19. The van der Waals surface area contributed by atoms with Gasteiger partial charge in [0.25, 0.3) is 0 Å². The van der Waals surface area contributed by atoms with Crippen molar-refractivity contribution in [3.8, 4) is 0 Å². The molecule has 0 aliphatic carbocycles. The highest BCUT2D eigenvalue weighted by molar-refractivity contribution is 5.73. The maximum absolute atomic E-state index is 12.9. The van der Waals surface area contributed by atoms with Gasteiger partial charge in [-0.1, -0.05) is 12.1 Å². The molecule has 2 aromatic rings. The molecule has 5 nitrogen and oxygen atoms in total. The summed E-state index contributed by atoms with van der Waals surface area (Å²) in [7, 11) is 0. The number of halogens is 1. The van der Waals surface area contributed by atoms with E-state index >= 15 is 0 Å². The highest BCUT2D eigenvalue weighted by Gasteiger charge is 2.23. The third kappa shape index (κ3) is 4.60. The Balaban J connectivity index is 1.76. The second-order valence-electron chi connectivity index (χ2n) is 5.31. The molecule has 0 aliphatic heterocycles. The lowest BCUT2D eigenvalue weighted by Crippen LogP contribution is -2.44. The molecule has 0 spiro atoms. The van der Waals surface area contributed by atoms with E-state index in [1.165, 1.54) is 24.3 Å². The molecule has 0 bridgehead atoms. The molecule has 22 heavy (non-hydrogen) atoms. The highest BCUT2D eigenvalue weighted by atomic mass is 19.1. The molecule has 6 heteroatoms. The fourth-order valence-electron chi connectivity index (χ4n) is 2.04. The molecule has 3 N–H and O–H groups in total. The van der Waals surface area contributed by atoms with Crippen LogP contribution in [0.1, 0.15) is 12.5 Å². The maximum atomic E-state index is 12.9. The topological polar surface area (TPSA) is 66.3 Å². The minimum absolute atomic E-state index is 0.0357. The summed E-state index contributed by atoms with van der Waals surface area (Å²) in [5.41, 5.74) is -0.715. The molecule has 1 aromatic carbocycles. The number of rotatable bonds is 6. The molecule has 2 rings (SSSR count). The zero-order valence-corrected chi connectivity index (χ0v) is 12.4. The van der Waals surface area contributed by atoms with Crippen LogP contribution in [0.3, 0.4) is 0 Å². The number of amides is 2. The molecule has 1 atom stereocenters. The number of hydrogen-bond acceptors (Lipinski definition) is 2. The Labute approximate surface area is 128 Å². The Bertz CT molecular complexity index is 594. The lowest BCUT2D eigenvalue weighted by Gasteiger charge is -2.24. The van der Waals surface area contributed by atoms with Gasteiger partial charge < -0.3 is 20.3 Å². The van der Waals surface area contributed by atoms with E-state index in [9.17, 15) is 14.3 Å². The van der Waals surface area contributed by atoms with E-state index in [4.69, 9.17) is 0 Å². The van der Waals surface area contributed by atoms with Crippen molar-refractivity contribution in [3.63, 3.8) is 0 Å². The van der Waals surface area contributed by atoms with E-state index in [2.05, 4.69) is 10.6 Å². The summed E-state index contributed by atoms with van der Waals surface area (Å²) < 4.78 is 14.8. The van der Waals surface area contributed by atoms with Gasteiger partial charge in [-0.3, -0.25) is 0 Å². The first-order valence-electron chi connectivity index (χ1n) is 7.08. The number of aliphatic hydroxyl groups is 1. The van der Waals surface area contributed by atoms with E-state index in [0.29, 0.717) is 18.7 Å². The summed E-state index contributed by atoms with van der Waals surface area (Å²) in [5.74, 6) is -0.365. The van der Waals surface area contributed by atoms with Gasteiger partial charge in [0, 0.05) is 25.5 Å². The van der Waals surface area contributed by atoms with Gasteiger partial charge in [-0.15, -0.1) is 0 Å².